The quantitative estimate of drug-likeness (QED) is 0.397. The molecule has 0 spiro atoms. The topological polar surface area (TPSA) is 125 Å². The van der Waals surface area contributed by atoms with Crippen LogP contribution in [0.5, 0.6) is 0 Å². The van der Waals surface area contributed by atoms with E-state index >= 15 is 0 Å². The zero-order chi connectivity index (χ0) is 23.6. The van der Waals surface area contributed by atoms with Crippen molar-refractivity contribution in [2.45, 2.75) is 51.5 Å². The first-order chi connectivity index (χ1) is 15.2. The third-order valence-corrected chi connectivity index (χ3v) is 4.83. The molecule has 4 N–H and O–H groups in total. The Morgan fingerprint density at radius 2 is 1.53 bits per heavy atom. The maximum Gasteiger partial charge on any atom is 0.408 e. The standard InChI is InChI=1S/C24H30N2O6/c1-17(2)15-20(25-23(30)32-16-19-11-7-4-8-12-19)21(27)26-24(31,22(28)29)14-13-18-9-5-3-6-10-18/h3-12,17,20,31H,13-16H2,1-2H3,(H,25,30)(H,26,27)(H,28,29)/t20-,24?/m0/s1. The molecule has 172 valence electrons. The van der Waals surface area contributed by atoms with E-state index in [1.807, 2.05) is 38.1 Å². The van der Waals surface area contributed by atoms with Crippen LogP contribution in [0.1, 0.15) is 37.8 Å². The van der Waals surface area contributed by atoms with Crippen LogP contribution in [0.15, 0.2) is 60.7 Å². The molecule has 2 aromatic carbocycles. The van der Waals surface area contributed by atoms with Crippen LogP contribution in [-0.2, 0) is 27.4 Å². The van der Waals surface area contributed by atoms with Crippen LogP contribution in [0.2, 0.25) is 0 Å². The maximum absolute atomic E-state index is 12.8. The number of carboxylic acids is 1. The van der Waals surface area contributed by atoms with Gasteiger partial charge in [-0.3, -0.25) is 4.79 Å². The highest BCUT2D eigenvalue weighted by atomic mass is 16.5. The van der Waals surface area contributed by atoms with Gasteiger partial charge in [-0.15, -0.1) is 0 Å². The van der Waals surface area contributed by atoms with Gasteiger partial charge in [0.15, 0.2) is 0 Å². The summed E-state index contributed by atoms with van der Waals surface area (Å²) in [7, 11) is 0. The first-order valence-electron chi connectivity index (χ1n) is 10.5. The molecule has 0 aliphatic heterocycles. The molecule has 0 fully saturated rings. The van der Waals surface area contributed by atoms with Gasteiger partial charge >= 0.3 is 12.1 Å². The largest absolute Gasteiger partial charge is 0.478 e. The smallest absolute Gasteiger partial charge is 0.408 e. The predicted octanol–water partition coefficient (Wildman–Crippen LogP) is 2.85. The molecule has 8 heteroatoms. The lowest BCUT2D eigenvalue weighted by Crippen LogP contribution is -2.59. The minimum absolute atomic E-state index is 0.0161. The molecule has 1 unspecified atom stereocenters. The second-order valence-corrected chi connectivity index (χ2v) is 8.03. The Balaban J connectivity index is 2.01. The van der Waals surface area contributed by atoms with Crippen molar-refractivity contribution >= 4 is 18.0 Å². The molecule has 0 aromatic heterocycles. The molecule has 0 saturated carbocycles. The normalized spacial score (nSPS) is 13.6. The van der Waals surface area contributed by atoms with E-state index in [0.717, 1.165) is 11.1 Å². The highest BCUT2D eigenvalue weighted by molar-refractivity contribution is 5.90. The van der Waals surface area contributed by atoms with E-state index in [1.165, 1.54) is 0 Å². The van der Waals surface area contributed by atoms with Gasteiger partial charge in [-0.2, -0.15) is 0 Å². The number of carboxylic acid groups (broad SMARTS) is 1. The van der Waals surface area contributed by atoms with Gasteiger partial charge in [-0.25, -0.2) is 9.59 Å². The number of ether oxygens (including phenoxy) is 1. The van der Waals surface area contributed by atoms with Gasteiger partial charge in [0.25, 0.3) is 0 Å². The number of aliphatic carboxylic acids is 1. The highest BCUT2D eigenvalue weighted by Gasteiger charge is 2.39. The van der Waals surface area contributed by atoms with Crippen molar-refractivity contribution in [1.29, 1.82) is 0 Å². The van der Waals surface area contributed by atoms with Gasteiger partial charge in [0.2, 0.25) is 11.6 Å². The summed E-state index contributed by atoms with van der Waals surface area (Å²) in [4.78, 5) is 36.8. The predicted molar refractivity (Wildman–Crippen MR) is 118 cm³/mol. The average Bonchev–Trinajstić information content (AvgIpc) is 2.77. The molecule has 0 aliphatic rings. The number of carbonyl (C=O) groups is 3. The lowest BCUT2D eigenvalue weighted by atomic mass is 9.99. The van der Waals surface area contributed by atoms with E-state index in [1.54, 1.807) is 36.4 Å². The van der Waals surface area contributed by atoms with Crippen molar-refractivity contribution in [3.63, 3.8) is 0 Å². The number of aryl methyl sites for hydroxylation is 1. The van der Waals surface area contributed by atoms with E-state index in [2.05, 4.69) is 10.6 Å². The van der Waals surface area contributed by atoms with Crippen molar-refractivity contribution in [2.24, 2.45) is 5.92 Å². The Bertz CT molecular complexity index is 888. The molecule has 0 bridgehead atoms. The van der Waals surface area contributed by atoms with Crippen LogP contribution in [-0.4, -0.2) is 39.9 Å². The van der Waals surface area contributed by atoms with Crippen LogP contribution < -0.4 is 10.6 Å². The van der Waals surface area contributed by atoms with Crippen LogP contribution in [0.4, 0.5) is 4.79 Å². The van der Waals surface area contributed by atoms with E-state index in [4.69, 9.17) is 4.74 Å². The Morgan fingerprint density at radius 3 is 2.06 bits per heavy atom. The van der Waals surface area contributed by atoms with Crippen LogP contribution in [0, 0.1) is 5.92 Å². The van der Waals surface area contributed by atoms with Crippen LogP contribution in [0.3, 0.4) is 0 Å². The molecule has 0 heterocycles. The summed E-state index contributed by atoms with van der Waals surface area (Å²) >= 11 is 0. The molecule has 0 aliphatic carbocycles. The first kappa shape index (κ1) is 24.9. The maximum atomic E-state index is 12.8. The van der Waals surface area contributed by atoms with E-state index in [-0.39, 0.29) is 31.8 Å². The fourth-order valence-electron chi connectivity index (χ4n) is 3.09. The zero-order valence-electron chi connectivity index (χ0n) is 18.3. The third-order valence-electron chi connectivity index (χ3n) is 4.83. The number of hydrogen-bond donors (Lipinski definition) is 4. The Morgan fingerprint density at radius 1 is 0.969 bits per heavy atom. The monoisotopic (exact) mass is 442 g/mol. The zero-order valence-corrected chi connectivity index (χ0v) is 18.3. The summed E-state index contributed by atoms with van der Waals surface area (Å²) in [5.74, 6) is -2.35. The Kier molecular flexibility index (Phi) is 9.22. The molecule has 32 heavy (non-hydrogen) atoms. The van der Waals surface area contributed by atoms with Crippen molar-refractivity contribution in [1.82, 2.24) is 10.6 Å². The number of hydrogen-bond acceptors (Lipinski definition) is 5. The average molecular weight is 443 g/mol. The Labute approximate surface area is 187 Å². The van der Waals surface area contributed by atoms with Crippen LogP contribution in [0.25, 0.3) is 0 Å². The molecule has 0 radical (unpaired) electrons. The minimum atomic E-state index is -2.47. The highest BCUT2D eigenvalue weighted by Crippen LogP contribution is 2.15. The van der Waals surface area contributed by atoms with E-state index in [0.29, 0.717) is 0 Å². The second-order valence-electron chi connectivity index (χ2n) is 8.03. The van der Waals surface area contributed by atoms with Gasteiger partial charge < -0.3 is 25.6 Å². The first-order valence-corrected chi connectivity index (χ1v) is 10.5. The summed E-state index contributed by atoms with van der Waals surface area (Å²) < 4.78 is 5.16. The molecular formula is C24H30N2O6. The number of aliphatic hydroxyl groups is 1. The second kappa shape index (κ2) is 11.9. The molecule has 2 rings (SSSR count). The minimum Gasteiger partial charge on any atom is -0.478 e. The number of rotatable bonds is 11. The molecule has 2 aromatic rings. The molecular weight excluding hydrogens is 412 g/mol. The summed E-state index contributed by atoms with van der Waals surface area (Å²) in [5, 5.41) is 24.8. The van der Waals surface area contributed by atoms with Crippen molar-refractivity contribution in [3.05, 3.63) is 71.8 Å². The van der Waals surface area contributed by atoms with Gasteiger partial charge in [0.1, 0.15) is 12.6 Å². The van der Waals surface area contributed by atoms with E-state index < -0.39 is 29.7 Å². The summed E-state index contributed by atoms with van der Waals surface area (Å²) in [6.07, 6.45) is -0.561. The number of nitrogens with one attached hydrogen (secondary N) is 2. The summed E-state index contributed by atoms with van der Waals surface area (Å²) in [6.45, 7) is 3.74. The van der Waals surface area contributed by atoms with Gasteiger partial charge in [-0.05, 0) is 29.9 Å². The van der Waals surface area contributed by atoms with Crippen molar-refractivity contribution in [2.75, 3.05) is 0 Å². The molecule has 8 nitrogen and oxygen atoms in total. The lowest BCUT2D eigenvalue weighted by Gasteiger charge is -2.28. The number of carbonyl (C=O) groups excluding carboxylic acids is 2. The number of amides is 2. The Hall–Kier alpha value is -3.39. The van der Waals surface area contributed by atoms with Crippen molar-refractivity contribution in [3.8, 4) is 0 Å². The molecule has 2 amide bonds. The fourth-order valence-corrected chi connectivity index (χ4v) is 3.09. The summed E-state index contributed by atoms with van der Waals surface area (Å²) in [5.41, 5.74) is -0.867. The van der Waals surface area contributed by atoms with Gasteiger partial charge in [-0.1, -0.05) is 74.5 Å². The summed E-state index contributed by atoms with van der Waals surface area (Å²) in [6, 6.07) is 17.0. The SMILES string of the molecule is CC(C)C[C@H](NC(=O)OCc1ccccc1)C(=O)NC(O)(CCc1ccccc1)C(=O)O. The van der Waals surface area contributed by atoms with Crippen LogP contribution >= 0.6 is 0 Å². The van der Waals surface area contributed by atoms with Crippen molar-refractivity contribution < 1.29 is 29.3 Å². The fraction of sp³-hybridized carbons (Fsp3) is 0.375. The van der Waals surface area contributed by atoms with E-state index in [9.17, 15) is 24.6 Å². The van der Waals surface area contributed by atoms with Gasteiger partial charge in [0.05, 0.1) is 0 Å². The van der Waals surface area contributed by atoms with Gasteiger partial charge in [0, 0.05) is 6.42 Å². The lowest BCUT2D eigenvalue weighted by molar-refractivity contribution is -0.166. The molecule has 0 saturated heterocycles. The third kappa shape index (κ3) is 8.03. The molecule has 2 atom stereocenters. The number of benzene rings is 2. The number of alkyl carbamates (subject to hydrolysis) is 1.